The summed E-state index contributed by atoms with van der Waals surface area (Å²) in [6.45, 7) is 1.51. The van der Waals surface area contributed by atoms with Crippen molar-refractivity contribution in [3.8, 4) is 11.5 Å². The van der Waals surface area contributed by atoms with Crippen LogP contribution in [0.25, 0.3) is 10.2 Å². The molecule has 2 heterocycles. The topological polar surface area (TPSA) is 68.7 Å². The number of hydrogen-bond acceptors (Lipinski definition) is 7. The van der Waals surface area contributed by atoms with Gasteiger partial charge in [-0.1, -0.05) is 17.4 Å². The fourth-order valence-corrected chi connectivity index (χ4v) is 5.31. The molecule has 0 spiro atoms. The Morgan fingerprint density at radius 2 is 1.81 bits per heavy atom. The van der Waals surface area contributed by atoms with Crippen LogP contribution in [0.4, 0.5) is 5.13 Å². The van der Waals surface area contributed by atoms with Gasteiger partial charge in [0.1, 0.15) is 5.52 Å². The van der Waals surface area contributed by atoms with Gasteiger partial charge < -0.3 is 14.4 Å². The number of fused-ring (bicyclic) bond motifs is 2. The van der Waals surface area contributed by atoms with E-state index in [1.165, 1.54) is 28.7 Å². The lowest BCUT2D eigenvalue weighted by atomic mass is 9.99. The maximum Gasteiger partial charge on any atom is 0.186 e. The fourth-order valence-electron chi connectivity index (χ4n) is 3.39. The number of para-hydroxylation sites is 1. The monoisotopic (exact) mass is 404 g/mol. The molecular weight excluding hydrogens is 384 g/mol. The van der Waals surface area contributed by atoms with Gasteiger partial charge in [-0.3, -0.25) is 0 Å². The number of ether oxygens (including phenoxy) is 2. The molecule has 0 fully saturated rings. The fraction of sp³-hybridized carbons (Fsp3) is 0.316. The molecule has 3 aromatic rings. The van der Waals surface area contributed by atoms with E-state index in [0.717, 1.165) is 28.5 Å². The third-order valence-electron chi connectivity index (χ3n) is 4.76. The minimum Gasteiger partial charge on any atom is -0.493 e. The van der Waals surface area contributed by atoms with Gasteiger partial charge in [-0.2, -0.15) is 0 Å². The van der Waals surface area contributed by atoms with E-state index in [1.54, 1.807) is 26.4 Å². The second-order valence-electron chi connectivity index (χ2n) is 6.52. The standard InChI is InChI=1S/C19H20N2O4S2/c1-24-14-9-12-7-8-21(11-13(12)10-15(14)25-2)19-20-18-16(26-19)5-4-6-17(18)27(3,22)23/h4-6,9-10H,7-8,11H2,1-3H3. The Kier molecular flexibility index (Phi) is 4.47. The van der Waals surface area contributed by atoms with Crippen LogP contribution in [-0.4, -0.2) is 40.4 Å². The Balaban J connectivity index is 1.72. The zero-order valence-corrected chi connectivity index (χ0v) is 17.0. The van der Waals surface area contributed by atoms with E-state index >= 15 is 0 Å². The predicted molar refractivity (Wildman–Crippen MR) is 107 cm³/mol. The number of sulfone groups is 1. The summed E-state index contributed by atoms with van der Waals surface area (Å²) in [5, 5.41) is 0.835. The quantitative estimate of drug-likeness (QED) is 0.665. The molecule has 0 unspecified atom stereocenters. The van der Waals surface area contributed by atoms with Crippen molar-refractivity contribution in [1.82, 2.24) is 4.98 Å². The lowest BCUT2D eigenvalue weighted by molar-refractivity contribution is 0.353. The number of thiazole rings is 1. The molecular formula is C19H20N2O4S2. The second kappa shape index (κ2) is 6.69. The molecule has 0 bridgehead atoms. The van der Waals surface area contributed by atoms with Crippen molar-refractivity contribution in [2.45, 2.75) is 17.9 Å². The van der Waals surface area contributed by atoms with Crippen molar-refractivity contribution in [3.05, 3.63) is 41.5 Å². The molecule has 0 amide bonds. The Labute approximate surface area is 162 Å². The molecule has 142 valence electrons. The highest BCUT2D eigenvalue weighted by Crippen LogP contribution is 2.37. The Bertz CT molecular complexity index is 1120. The van der Waals surface area contributed by atoms with Gasteiger partial charge in [-0.05, 0) is 41.8 Å². The van der Waals surface area contributed by atoms with Crippen LogP contribution in [0.3, 0.4) is 0 Å². The van der Waals surface area contributed by atoms with E-state index in [1.807, 2.05) is 18.2 Å². The molecule has 1 aliphatic heterocycles. The van der Waals surface area contributed by atoms with Crippen molar-refractivity contribution in [2.75, 3.05) is 31.9 Å². The van der Waals surface area contributed by atoms with Crippen LogP contribution in [0.5, 0.6) is 11.5 Å². The Morgan fingerprint density at radius 3 is 2.48 bits per heavy atom. The van der Waals surface area contributed by atoms with Crippen molar-refractivity contribution >= 4 is 36.5 Å². The molecule has 2 aromatic carbocycles. The number of hydrogen-bond donors (Lipinski definition) is 0. The largest absolute Gasteiger partial charge is 0.493 e. The van der Waals surface area contributed by atoms with Crippen LogP contribution in [0.2, 0.25) is 0 Å². The minimum atomic E-state index is -3.32. The van der Waals surface area contributed by atoms with Crippen molar-refractivity contribution in [1.29, 1.82) is 0 Å². The van der Waals surface area contributed by atoms with Crippen molar-refractivity contribution < 1.29 is 17.9 Å². The molecule has 1 aliphatic rings. The zero-order valence-electron chi connectivity index (χ0n) is 15.4. The maximum absolute atomic E-state index is 12.1. The summed E-state index contributed by atoms with van der Waals surface area (Å²) in [5.74, 6) is 1.45. The maximum atomic E-state index is 12.1. The van der Waals surface area contributed by atoms with Gasteiger partial charge in [-0.25, -0.2) is 13.4 Å². The SMILES string of the molecule is COc1cc2c(cc1OC)CN(c1nc3c(S(C)(=O)=O)cccc3s1)CC2. The third-order valence-corrected chi connectivity index (χ3v) is 6.97. The first kappa shape index (κ1) is 18.1. The summed E-state index contributed by atoms with van der Waals surface area (Å²) < 4.78 is 35.8. The van der Waals surface area contributed by atoms with Crippen LogP contribution in [0.15, 0.2) is 35.2 Å². The van der Waals surface area contributed by atoms with Crippen LogP contribution in [-0.2, 0) is 22.8 Å². The van der Waals surface area contributed by atoms with Crippen LogP contribution in [0, 0.1) is 0 Å². The Hall–Kier alpha value is -2.32. The lowest BCUT2D eigenvalue weighted by Gasteiger charge is -2.29. The Morgan fingerprint density at radius 1 is 1.11 bits per heavy atom. The number of nitrogens with zero attached hydrogens (tertiary/aromatic N) is 2. The highest BCUT2D eigenvalue weighted by atomic mass is 32.2. The molecule has 8 heteroatoms. The summed E-state index contributed by atoms with van der Waals surface area (Å²) in [6, 6.07) is 9.34. The van der Waals surface area contributed by atoms with E-state index < -0.39 is 9.84 Å². The smallest absolute Gasteiger partial charge is 0.186 e. The molecule has 27 heavy (non-hydrogen) atoms. The van der Waals surface area contributed by atoms with Gasteiger partial charge in [0.15, 0.2) is 26.5 Å². The van der Waals surface area contributed by atoms with E-state index in [9.17, 15) is 8.42 Å². The molecule has 4 rings (SSSR count). The van der Waals surface area contributed by atoms with Crippen molar-refractivity contribution in [2.24, 2.45) is 0 Å². The molecule has 0 saturated heterocycles. The summed E-state index contributed by atoms with van der Waals surface area (Å²) in [7, 11) is -0.0481. The lowest BCUT2D eigenvalue weighted by Crippen LogP contribution is -2.30. The molecule has 6 nitrogen and oxygen atoms in total. The third kappa shape index (κ3) is 3.23. The van der Waals surface area contributed by atoms with Crippen LogP contribution in [0.1, 0.15) is 11.1 Å². The van der Waals surface area contributed by atoms with Crippen molar-refractivity contribution in [3.63, 3.8) is 0 Å². The van der Waals surface area contributed by atoms with Gasteiger partial charge >= 0.3 is 0 Å². The number of aromatic nitrogens is 1. The normalized spacial score (nSPS) is 14.3. The number of benzene rings is 2. The molecule has 0 aliphatic carbocycles. The van der Waals surface area contributed by atoms with Gasteiger partial charge in [0.2, 0.25) is 0 Å². The molecule has 0 atom stereocenters. The first-order valence-electron chi connectivity index (χ1n) is 8.49. The van der Waals surface area contributed by atoms with Gasteiger partial charge in [-0.15, -0.1) is 0 Å². The average molecular weight is 405 g/mol. The van der Waals surface area contributed by atoms with E-state index in [4.69, 9.17) is 9.47 Å². The first-order chi connectivity index (χ1) is 12.9. The molecule has 0 N–H and O–H groups in total. The summed E-state index contributed by atoms with van der Waals surface area (Å²) >= 11 is 1.52. The summed E-state index contributed by atoms with van der Waals surface area (Å²) in [4.78, 5) is 7.13. The van der Waals surface area contributed by atoms with Gasteiger partial charge in [0.05, 0.1) is 23.8 Å². The summed E-state index contributed by atoms with van der Waals surface area (Å²) in [6.07, 6.45) is 2.09. The molecule has 0 saturated carbocycles. The first-order valence-corrected chi connectivity index (χ1v) is 11.2. The van der Waals surface area contributed by atoms with E-state index in [-0.39, 0.29) is 4.90 Å². The number of methoxy groups -OCH3 is 2. The number of anilines is 1. The van der Waals surface area contributed by atoms with Gasteiger partial charge in [0.25, 0.3) is 0 Å². The van der Waals surface area contributed by atoms with Crippen LogP contribution < -0.4 is 14.4 Å². The van der Waals surface area contributed by atoms with Gasteiger partial charge in [0, 0.05) is 19.3 Å². The number of rotatable bonds is 4. The van der Waals surface area contributed by atoms with E-state index in [0.29, 0.717) is 17.8 Å². The zero-order chi connectivity index (χ0) is 19.2. The molecule has 1 aromatic heterocycles. The predicted octanol–water partition coefficient (Wildman–Crippen LogP) is 3.28. The minimum absolute atomic E-state index is 0.284. The highest BCUT2D eigenvalue weighted by molar-refractivity contribution is 7.91. The summed E-state index contributed by atoms with van der Waals surface area (Å²) in [5.41, 5.74) is 2.96. The average Bonchev–Trinajstić information content (AvgIpc) is 3.09. The highest BCUT2D eigenvalue weighted by Gasteiger charge is 2.23. The van der Waals surface area contributed by atoms with Crippen LogP contribution >= 0.6 is 11.3 Å². The molecule has 0 radical (unpaired) electrons. The second-order valence-corrected chi connectivity index (χ2v) is 9.51. The van der Waals surface area contributed by atoms with E-state index in [2.05, 4.69) is 9.88 Å².